The number of benzene rings is 4. The largest absolute Gasteiger partial charge is 0.497 e. The van der Waals surface area contributed by atoms with Gasteiger partial charge in [-0.05, 0) is 60.4 Å². The summed E-state index contributed by atoms with van der Waals surface area (Å²) in [5.41, 5.74) is 1.84. The van der Waals surface area contributed by atoms with Gasteiger partial charge in [-0.1, -0.05) is 79.9 Å². The van der Waals surface area contributed by atoms with Crippen molar-refractivity contribution in [2.45, 2.75) is 62.0 Å². The van der Waals surface area contributed by atoms with Crippen LogP contribution in [0.1, 0.15) is 43.2 Å². The SMILES string of the molecule is COc1cccc(CN(C(=O)CN(c2ccc3c(c2)OCCO3)S(=O)(=O)c2ccccc2)C(Cc2ccccc2)C(=O)NC2CCCCC2)c1. The van der Waals surface area contributed by atoms with E-state index < -0.39 is 28.5 Å². The average Bonchev–Trinajstić information content (AvgIpc) is 3.16. The van der Waals surface area contributed by atoms with Crippen molar-refractivity contribution >= 4 is 27.5 Å². The van der Waals surface area contributed by atoms with E-state index in [1.54, 1.807) is 43.5 Å². The summed E-state index contributed by atoms with van der Waals surface area (Å²) >= 11 is 0. The first-order chi connectivity index (χ1) is 24.3. The molecule has 2 aliphatic rings. The minimum absolute atomic E-state index is 0.0102. The highest BCUT2D eigenvalue weighted by Crippen LogP contribution is 2.36. The summed E-state index contributed by atoms with van der Waals surface area (Å²) < 4.78 is 46.7. The molecule has 0 aromatic heterocycles. The summed E-state index contributed by atoms with van der Waals surface area (Å²) in [6.07, 6.45) is 5.18. The van der Waals surface area contributed by atoms with E-state index in [0.717, 1.165) is 47.5 Å². The second kappa shape index (κ2) is 16.1. The van der Waals surface area contributed by atoms with Gasteiger partial charge < -0.3 is 24.4 Å². The van der Waals surface area contributed by atoms with E-state index in [1.807, 2.05) is 54.6 Å². The molecular formula is C39H43N3O7S. The minimum Gasteiger partial charge on any atom is -0.497 e. The first-order valence-electron chi connectivity index (χ1n) is 17.1. The van der Waals surface area contributed by atoms with E-state index in [0.29, 0.717) is 30.5 Å². The second-order valence-corrected chi connectivity index (χ2v) is 14.4. The molecule has 0 radical (unpaired) electrons. The van der Waals surface area contributed by atoms with Crippen LogP contribution in [0.15, 0.2) is 108 Å². The maximum absolute atomic E-state index is 14.8. The summed E-state index contributed by atoms with van der Waals surface area (Å²) in [6.45, 7) is 0.170. The molecule has 1 unspecified atom stereocenters. The van der Waals surface area contributed by atoms with Crippen LogP contribution in [0.5, 0.6) is 17.2 Å². The maximum Gasteiger partial charge on any atom is 0.264 e. The molecule has 0 bridgehead atoms. The van der Waals surface area contributed by atoms with Crippen LogP contribution in [0.2, 0.25) is 0 Å². The van der Waals surface area contributed by atoms with Gasteiger partial charge in [0.25, 0.3) is 10.0 Å². The predicted molar refractivity (Wildman–Crippen MR) is 191 cm³/mol. The highest BCUT2D eigenvalue weighted by Gasteiger charge is 2.36. The van der Waals surface area contributed by atoms with Gasteiger partial charge in [0, 0.05) is 25.1 Å². The molecule has 10 nitrogen and oxygen atoms in total. The Labute approximate surface area is 294 Å². The lowest BCUT2D eigenvalue weighted by Gasteiger charge is -2.35. The topological polar surface area (TPSA) is 114 Å². The zero-order valence-electron chi connectivity index (χ0n) is 28.2. The van der Waals surface area contributed by atoms with Gasteiger partial charge in [0.15, 0.2) is 11.5 Å². The first-order valence-corrected chi connectivity index (χ1v) is 18.5. The van der Waals surface area contributed by atoms with Gasteiger partial charge in [-0.3, -0.25) is 13.9 Å². The van der Waals surface area contributed by atoms with E-state index in [2.05, 4.69) is 5.32 Å². The van der Waals surface area contributed by atoms with Crippen molar-refractivity contribution in [3.8, 4) is 17.2 Å². The number of rotatable bonds is 13. The molecule has 2 amide bonds. The van der Waals surface area contributed by atoms with Crippen LogP contribution >= 0.6 is 0 Å². The fourth-order valence-electron chi connectivity index (χ4n) is 6.50. The number of nitrogens with zero attached hydrogens (tertiary/aromatic N) is 2. The molecule has 1 aliphatic carbocycles. The number of sulfonamides is 1. The monoisotopic (exact) mass is 697 g/mol. The van der Waals surface area contributed by atoms with E-state index in [4.69, 9.17) is 14.2 Å². The molecule has 1 fully saturated rings. The molecule has 0 saturated heterocycles. The minimum atomic E-state index is -4.25. The zero-order chi connectivity index (χ0) is 34.9. The lowest BCUT2D eigenvalue weighted by atomic mass is 9.94. The lowest BCUT2D eigenvalue weighted by Crippen LogP contribution is -2.55. The standard InChI is InChI=1S/C39H43N3O7S/c1-47-33-17-11-14-30(24-33)27-41(35(25-29-12-5-2-6-13-29)39(44)40-31-15-7-3-8-16-31)38(43)28-42(50(45,46)34-18-9-4-10-19-34)32-20-21-36-37(26-32)49-23-22-48-36/h2,4-6,9-14,17-21,24,26,31,35H,3,7-8,15-16,22-23,25,27-28H2,1H3,(H,40,44). The van der Waals surface area contributed by atoms with E-state index in [9.17, 15) is 18.0 Å². The Morgan fingerprint density at radius 3 is 2.22 bits per heavy atom. The van der Waals surface area contributed by atoms with Crippen molar-refractivity contribution in [2.75, 3.05) is 31.2 Å². The van der Waals surface area contributed by atoms with E-state index in [-0.39, 0.29) is 35.5 Å². The number of amides is 2. The number of carbonyl (C=O) groups excluding carboxylic acids is 2. The van der Waals surface area contributed by atoms with Crippen LogP contribution in [-0.2, 0) is 32.6 Å². The molecule has 4 aromatic rings. The normalized spacial score (nSPS) is 15.1. The summed E-state index contributed by atoms with van der Waals surface area (Å²) in [6, 6.07) is 28.8. The van der Waals surface area contributed by atoms with Crippen molar-refractivity contribution in [1.82, 2.24) is 10.2 Å². The number of fused-ring (bicyclic) bond motifs is 1. The number of anilines is 1. The number of carbonyl (C=O) groups is 2. The van der Waals surface area contributed by atoms with Gasteiger partial charge in [0.2, 0.25) is 11.8 Å². The highest BCUT2D eigenvalue weighted by atomic mass is 32.2. The van der Waals surface area contributed by atoms with Crippen LogP contribution in [-0.4, -0.2) is 64.1 Å². The molecule has 1 atom stereocenters. The summed E-state index contributed by atoms with van der Waals surface area (Å²) in [7, 11) is -2.68. The average molecular weight is 698 g/mol. The number of hydrogen-bond donors (Lipinski definition) is 1. The Hall–Kier alpha value is -5.03. The molecule has 1 saturated carbocycles. The van der Waals surface area contributed by atoms with E-state index >= 15 is 0 Å². The molecule has 0 spiro atoms. The van der Waals surface area contributed by atoms with Crippen molar-refractivity contribution in [3.63, 3.8) is 0 Å². The zero-order valence-corrected chi connectivity index (χ0v) is 29.0. The van der Waals surface area contributed by atoms with Crippen LogP contribution in [0.3, 0.4) is 0 Å². The Balaban J connectivity index is 1.41. The molecule has 6 rings (SSSR count). The number of nitrogens with one attached hydrogen (secondary N) is 1. The molecule has 4 aromatic carbocycles. The molecule has 50 heavy (non-hydrogen) atoms. The second-order valence-electron chi connectivity index (χ2n) is 12.6. The van der Waals surface area contributed by atoms with Crippen LogP contribution in [0.4, 0.5) is 5.69 Å². The van der Waals surface area contributed by atoms with Crippen LogP contribution < -0.4 is 23.8 Å². The third-order valence-corrected chi connectivity index (χ3v) is 10.9. The van der Waals surface area contributed by atoms with Crippen molar-refractivity contribution in [1.29, 1.82) is 0 Å². The highest BCUT2D eigenvalue weighted by molar-refractivity contribution is 7.92. The molecular weight excluding hydrogens is 655 g/mol. The van der Waals surface area contributed by atoms with Gasteiger partial charge in [0.05, 0.1) is 17.7 Å². The van der Waals surface area contributed by atoms with Gasteiger partial charge in [-0.25, -0.2) is 8.42 Å². The quantitative estimate of drug-likeness (QED) is 0.189. The summed E-state index contributed by atoms with van der Waals surface area (Å²) in [4.78, 5) is 30.7. The summed E-state index contributed by atoms with van der Waals surface area (Å²) in [5, 5.41) is 3.24. The number of methoxy groups -OCH3 is 1. The first kappa shape index (κ1) is 34.8. The Morgan fingerprint density at radius 1 is 0.820 bits per heavy atom. The van der Waals surface area contributed by atoms with Gasteiger partial charge in [-0.15, -0.1) is 0 Å². The molecule has 1 aliphatic heterocycles. The maximum atomic E-state index is 14.8. The molecule has 1 N–H and O–H groups in total. The fourth-order valence-corrected chi connectivity index (χ4v) is 7.93. The third kappa shape index (κ3) is 8.39. The van der Waals surface area contributed by atoms with Gasteiger partial charge in [0.1, 0.15) is 31.5 Å². The smallest absolute Gasteiger partial charge is 0.264 e. The molecule has 262 valence electrons. The lowest BCUT2D eigenvalue weighted by molar-refractivity contribution is -0.140. The van der Waals surface area contributed by atoms with Gasteiger partial charge >= 0.3 is 0 Å². The van der Waals surface area contributed by atoms with Crippen molar-refractivity contribution in [3.05, 3.63) is 114 Å². The Kier molecular flexibility index (Phi) is 11.2. The Bertz CT molecular complexity index is 1870. The van der Waals surface area contributed by atoms with Crippen LogP contribution in [0.25, 0.3) is 0 Å². The van der Waals surface area contributed by atoms with Gasteiger partial charge in [-0.2, -0.15) is 0 Å². The third-order valence-electron chi connectivity index (χ3n) is 9.13. The Morgan fingerprint density at radius 2 is 1.50 bits per heavy atom. The summed E-state index contributed by atoms with van der Waals surface area (Å²) in [5.74, 6) is 0.670. The molecule has 1 heterocycles. The fraction of sp³-hybridized carbons (Fsp3) is 0.333. The van der Waals surface area contributed by atoms with Crippen molar-refractivity contribution < 1.29 is 32.2 Å². The van der Waals surface area contributed by atoms with E-state index in [1.165, 1.54) is 17.0 Å². The van der Waals surface area contributed by atoms with Crippen LogP contribution in [0, 0.1) is 0 Å². The predicted octanol–water partition coefficient (Wildman–Crippen LogP) is 5.75. The number of hydrogen-bond acceptors (Lipinski definition) is 7. The molecule has 11 heteroatoms. The number of ether oxygens (including phenoxy) is 3. The van der Waals surface area contributed by atoms with Crippen molar-refractivity contribution in [2.24, 2.45) is 0 Å².